The fraction of sp³-hybridized carbons (Fsp3) is 0.364. The lowest BCUT2D eigenvalue weighted by molar-refractivity contribution is 0.588. The molecular formula is C22H26N8. The third-order valence-corrected chi connectivity index (χ3v) is 5.58. The number of aryl methyl sites for hydroxylation is 1. The molecule has 0 aliphatic carbocycles. The number of pyridine rings is 2. The normalized spacial score (nSPS) is 14.7. The van der Waals surface area contributed by atoms with Crippen LogP contribution < -0.4 is 15.5 Å². The number of piperazine rings is 1. The molecule has 4 aromatic heterocycles. The van der Waals surface area contributed by atoms with Gasteiger partial charge < -0.3 is 15.5 Å². The van der Waals surface area contributed by atoms with Crippen LogP contribution in [0, 0.1) is 6.92 Å². The molecule has 0 saturated carbocycles. The predicted molar refractivity (Wildman–Crippen MR) is 120 cm³/mol. The van der Waals surface area contributed by atoms with Crippen molar-refractivity contribution in [1.82, 2.24) is 29.7 Å². The van der Waals surface area contributed by atoms with Gasteiger partial charge in [0.25, 0.3) is 0 Å². The Hall–Kier alpha value is -3.26. The molecule has 0 unspecified atom stereocenters. The first-order valence-electron chi connectivity index (χ1n) is 10.4. The summed E-state index contributed by atoms with van der Waals surface area (Å²) in [4.78, 5) is 20.9. The molecule has 0 atom stereocenters. The molecule has 5 heterocycles. The van der Waals surface area contributed by atoms with Crippen molar-refractivity contribution in [2.75, 3.05) is 36.4 Å². The van der Waals surface area contributed by atoms with Gasteiger partial charge in [-0.15, -0.1) is 0 Å². The van der Waals surface area contributed by atoms with Gasteiger partial charge in [0.2, 0.25) is 5.95 Å². The van der Waals surface area contributed by atoms with Gasteiger partial charge in [0.15, 0.2) is 5.65 Å². The second-order valence-corrected chi connectivity index (χ2v) is 8.00. The summed E-state index contributed by atoms with van der Waals surface area (Å²) in [7, 11) is 0. The lowest BCUT2D eigenvalue weighted by atomic mass is 10.1. The first-order chi connectivity index (χ1) is 14.6. The molecule has 0 aromatic carbocycles. The number of imidazole rings is 1. The van der Waals surface area contributed by atoms with E-state index in [1.807, 2.05) is 37.5 Å². The highest BCUT2D eigenvalue weighted by Crippen LogP contribution is 2.24. The van der Waals surface area contributed by atoms with E-state index in [-0.39, 0.29) is 0 Å². The summed E-state index contributed by atoms with van der Waals surface area (Å²) in [5.74, 6) is 1.62. The quantitative estimate of drug-likeness (QED) is 0.542. The highest BCUT2D eigenvalue weighted by molar-refractivity contribution is 5.79. The van der Waals surface area contributed by atoms with E-state index in [4.69, 9.17) is 9.97 Å². The van der Waals surface area contributed by atoms with Crippen LogP contribution in [0.3, 0.4) is 0 Å². The van der Waals surface area contributed by atoms with Crippen LogP contribution in [-0.2, 0) is 0 Å². The summed E-state index contributed by atoms with van der Waals surface area (Å²) in [5, 5.41) is 7.64. The molecule has 0 spiro atoms. The molecule has 1 aliphatic rings. The first-order valence-corrected chi connectivity index (χ1v) is 10.4. The van der Waals surface area contributed by atoms with E-state index in [2.05, 4.69) is 49.8 Å². The highest BCUT2D eigenvalue weighted by Gasteiger charge is 2.15. The van der Waals surface area contributed by atoms with Crippen LogP contribution in [-0.4, -0.2) is 50.5 Å². The Balaban J connectivity index is 1.48. The zero-order valence-electron chi connectivity index (χ0n) is 17.6. The largest absolute Gasteiger partial charge is 0.368 e. The Morgan fingerprint density at radius 2 is 1.83 bits per heavy atom. The number of nitrogens with one attached hydrogen (secondary N) is 2. The van der Waals surface area contributed by atoms with Crippen LogP contribution in [0.4, 0.5) is 17.5 Å². The number of anilines is 3. The maximum atomic E-state index is 4.80. The van der Waals surface area contributed by atoms with Crippen molar-refractivity contribution in [1.29, 1.82) is 0 Å². The summed E-state index contributed by atoms with van der Waals surface area (Å²) in [6.45, 7) is 10.4. The Bertz CT molecular complexity index is 1210. The van der Waals surface area contributed by atoms with Gasteiger partial charge in [0.1, 0.15) is 11.5 Å². The fourth-order valence-electron chi connectivity index (χ4n) is 4.02. The predicted octanol–water partition coefficient (Wildman–Crippen LogP) is 3.26. The highest BCUT2D eigenvalue weighted by atomic mass is 15.2. The summed E-state index contributed by atoms with van der Waals surface area (Å²) in [6, 6.07) is 8.14. The molecule has 1 fully saturated rings. The minimum Gasteiger partial charge on any atom is -0.368 e. The molecule has 1 saturated heterocycles. The van der Waals surface area contributed by atoms with Crippen LogP contribution in [0.25, 0.3) is 16.7 Å². The van der Waals surface area contributed by atoms with Gasteiger partial charge in [0.05, 0.1) is 11.4 Å². The number of hydrogen-bond donors (Lipinski definition) is 2. The van der Waals surface area contributed by atoms with Crippen molar-refractivity contribution in [3.63, 3.8) is 0 Å². The number of fused-ring (bicyclic) bond motifs is 3. The maximum Gasteiger partial charge on any atom is 0.230 e. The maximum absolute atomic E-state index is 4.80. The molecule has 0 bridgehead atoms. The molecule has 154 valence electrons. The van der Waals surface area contributed by atoms with Gasteiger partial charge >= 0.3 is 0 Å². The lowest BCUT2D eigenvalue weighted by Crippen LogP contribution is -2.43. The number of nitrogens with zero attached hydrogens (tertiary/aromatic N) is 6. The SMILES string of the molecule is Cc1nc(Nc2ncc3ccc4ncc(C(C)C)n4c3n2)ccc1N1CCNCC1. The molecular weight excluding hydrogens is 376 g/mol. The third-order valence-electron chi connectivity index (χ3n) is 5.58. The van der Waals surface area contributed by atoms with E-state index in [1.165, 1.54) is 5.69 Å². The Morgan fingerprint density at radius 3 is 2.60 bits per heavy atom. The topological polar surface area (TPSA) is 83.3 Å². The molecule has 8 nitrogen and oxygen atoms in total. The van der Waals surface area contributed by atoms with Crippen molar-refractivity contribution >= 4 is 34.1 Å². The average molecular weight is 403 g/mol. The lowest BCUT2D eigenvalue weighted by Gasteiger charge is -2.30. The van der Waals surface area contributed by atoms with Crippen molar-refractivity contribution in [2.45, 2.75) is 26.7 Å². The van der Waals surface area contributed by atoms with Crippen molar-refractivity contribution < 1.29 is 0 Å². The summed E-state index contributed by atoms with van der Waals surface area (Å²) in [6.07, 6.45) is 3.77. The van der Waals surface area contributed by atoms with Gasteiger partial charge in [-0.2, -0.15) is 4.98 Å². The Kier molecular flexibility index (Phi) is 4.71. The number of rotatable bonds is 4. The minimum atomic E-state index is 0.346. The summed E-state index contributed by atoms with van der Waals surface area (Å²) < 4.78 is 2.11. The number of aromatic nitrogens is 5. The second-order valence-electron chi connectivity index (χ2n) is 8.00. The van der Waals surface area contributed by atoms with Gasteiger partial charge in [-0.3, -0.25) is 4.40 Å². The minimum absolute atomic E-state index is 0.346. The zero-order valence-corrected chi connectivity index (χ0v) is 17.6. The molecule has 0 amide bonds. The third kappa shape index (κ3) is 3.33. The molecule has 8 heteroatoms. The van der Waals surface area contributed by atoms with Crippen molar-refractivity contribution in [3.8, 4) is 0 Å². The monoisotopic (exact) mass is 402 g/mol. The molecule has 4 aromatic rings. The average Bonchev–Trinajstić information content (AvgIpc) is 3.20. The molecule has 2 N–H and O–H groups in total. The van der Waals surface area contributed by atoms with E-state index in [0.717, 1.165) is 60.1 Å². The van der Waals surface area contributed by atoms with Crippen LogP contribution in [0.15, 0.2) is 36.7 Å². The van der Waals surface area contributed by atoms with Crippen molar-refractivity contribution in [3.05, 3.63) is 48.0 Å². The Labute approximate surface area is 175 Å². The van der Waals surface area contributed by atoms with Gasteiger partial charge in [-0.25, -0.2) is 15.0 Å². The van der Waals surface area contributed by atoms with E-state index < -0.39 is 0 Å². The first kappa shape index (κ1) is 18.7. The van der Waals surface area contributed by atoms with E-state index in [9.17, 15) is 0 Å². The van der Waals surface area contributed by atoms with Gasteiger partial charge in [0, 0.05) is 49.7 Å². The molecule has 1 aliphatic heterocycles. The van der Waals surface area contributed by atoms with Gasteiger partial charge in [-0.1, -0.05) is 13.8 Å². The van der Waals surface area contributed by atoms with Gasteiger partial charge in [-0.05, 0) is 37.1 Å². The fourth-order valence-corrected chi connectivity index (χ4v) is 4.02. The summed E-state index contributed by atoms with van der Waals surface area (Å²) >= 11 is 0. The van der Waals surface area contributed by atoms with Crippen LogP contribution in [0.5, 0.6) is 0 Å². The smallest absolute Gasteiger partial charge is 0.230 e. The molecule has 30 heavy (non-hydrogen) atoms. The van der Waals surface area contributed by atoms with E-state index >= 15 is 0 Å². The molecule has 5 rings (SSSR count). The zero-order chi connectivity index (χ0) is 20.7. The van der Waals surface area contributed by atoms with E-state index in [1.54, 1.807) is 0 Å². The second kappa shape index (κ2) is 7.53. The van der Waals surface area contributed by atoms with E-state index in [0.29, 0.717) is 11.9 Å². The number of hydrogen-bond acceptors (Lipinski definition) is 7. The standard InChI is InChI=1S/C22H26N8/c1-14(2)18-13-24-20-7-4-16-12-25-22(28-21(16)30(18)20)27-19-6-5-17(15(3)26-19)29-10-8-23-9-11-29/h4-7,12-14,23H,8-11H2,1-3H3,(H,25,26,27,28). The van der Waals surface area contributed by atoms with Crippen LogP contribution in [0.1, 0.15) is 31.2 Å². The Morgan fingerprint density at radius 1 is 1.00 bits per heavy atom. The molecule has 0 radical (unpaired) electrons. The van der Waals surface area contributed by atoms with Crippen molar-refractivity contribution in [2.24, 2.45) is 0 Å². The van der Waals surface area contributed by atoms with Crippen LogP contribution in [0.2, 0.25) is 0 Å². The van der Waals surface area contributed by atoms with Crippen LogP contribution >= 0.6 is 0 Å². The summed E-state index contributed by atoms with van der Waals surface area (Å²) in [5.41, 5.74) is 5.06.